The van der Waals surface area contributed by atoms with Crippen molar-refractivity contribution >= 4 is 29.9 Å². The fourth-order valence-corrected chi connectivity index (χ4v) is 3.51. The topological polar surface area (TPSA) is 84.4 Å². The van der Waals surface area contributed by atoms with E-state index in [0.717, 1.165) is 17.7 Å². The summed E-state index contributed by atoms with van der Waals surface area (Å²) in [5.74, 6) is 0.941. The van der Waals surface area contributed by atoms with Crippen LogP contribution >= 0.6 is 24.0 Å². The fraction of sp³-hybridized carbons (Fsp3) is 0.316. The van der Waals surface area contributed by atoms with Gasteiger partial charge in [0.2, 0.25) is 17.6 Å². The number of piperazine rings is 1. The van der Waals surface area contributed by atoms with Crippen molar-refractivity contribution in [3.63, 3.8) is 0 Å². The van der Waals surface area contributed by atoms with Crippen LogP contribution in [0, 0.1) is 0 Å². The average molecular weight is 423 g/mol. The molecule has 3 aromatic rings. The number of furan rings is 1. The summed E-state index contributed by atoms with van der Waals surface area (Å²) in [4.78, 5) is 19.1. The number of hydrogen-bond acceptors (Lipinski definition) is 6. The Morgan fingerprint density at radius 3 is 2.96 bits per heavy atom. The SMILES string of the molecule is Cl.O=C(CCc1nc(-c2ccoc2)no1)N1CCNCC1c1ccccc1Cl. The molecule has 0 saturated carbocycles. The third-order valence-corrected chi connectivity index (χ3v) is 4.97. The number of aromatic nitrogens is 2. The van der Waals surface area contributed by atoms with Crippen LogP contribution in [0.15, 0.2) is 51.8 Å². The molecule has 0 aliphatic carbocycles. The Hall–Kier alpha value is -2.35. The zero-order chi connectivity index (χ0) is 18.6. The molecule has 1 unspecified atom stereocenters. The Bertz CT molecular complexity index is 914. The normalized spacial score (nSPS) is 16.6. The standard InChI is InChI=1S/C19H19ClN4O3.ClH/c20-15-4-2-1-3-14(15)16-11-21-8-9-24(16)18(25)6-5-17-22-19(23-27-17)13-7-10-26-12-13;/h1-4,7,10,12,16,21H,5-6,8-9,11H2;1H. The van der Waals surface area contributed by atoms with E-state index in [1.807, 2.05) is 29.2 Å². The number of nitrogens with one attached hydrogen (secondary N) is 1. The summed E-state index contributed by atoms with van der Waals surface area (Å²) in [5, 5.41) is 7.93. The molecular weight excluding hydrogens is 403 g/mol. The summed E-state index contributed by atoms with van der Waals surface area (Å²) in [6.45, 7) is 2.08. The number of carbonyl (C=O) groups is 1. The lowest BCUT2D eigenvalue weighted by molar-refractivity contribution is -0.134. The quantitative estimate of drug-likeness (QED) is 0.676. The predicted molar refractivity (Wildman–Crippen MR) is 106 cm³/mol. The minimum atomic E-state index is -0.0795. The van der Waals surface area contributed by atoms with Crippen LogP contribution in [0.5, 0.6) is 0 Å². The first-order valence-corrected chi connectivity index (χ1v) is 9.20. The minimum Gasteiger partial charge on any atom is -0.472 e. The summed E-state index contributed by atoms with van der Waals surface area (Å²) in [7, 11) is 0. The zero-order valence-corrected chi connectivity index (χ0v) is 16.6. The molecule has 1 fully saturated rings. The van der Waals surface area contributed by atoms with Crippen LogP contribution in [-0.2, 0) is 11.2 Å². The average Bonchev–Trinajstić information content (AvgIpc) is 3.38. The summed E-state index contributed by atoms with van der Waals surface area (Å²) in [5.41, 5.74) is 1.71. The first-order chi connectivity index (χ1) is 13.2. The van der Waals surface area contributed by atoms with Crippen LogP contribution in [0.2, 0.25) is 5.02 Å². The van der Waals surface area contributed by atoms with E-state index in [4.69, 9.17) is 20.5 Å². The second-order valence-corrected chi connectivity index (χ2v) is 6.76. The summed E-state index contributed by atoms with van der Waals surface area (Å²) >= 11 is 6.35. The van der Waals surface area contributed by atoms with Gasteiger partial charge in [0, 0.05) is 37.5 Å². The lowest BCUT2D eigenvalue weighted by Crippen LogP contribution is -2.48. The Balaban J connectivity index is 0.00000225. The van der Waals surface area contributed by atoms with Gasteiger partial charge in [0.05, 0.1) is 17.9 Å². The van der Waals surface area contributed by atoms with Gasteiger partial charge in [-0.3, -0.25) is 4.79 Å². The molecule has 1 aromatic carbocycles. The summed E-state index contributed by atoms with van der Waals surface area (Å²) < 4.78 is 10.3. The lowest BCUT2D eigenvalue weighted by Gasteiger charge is -2.37. The van der Waals surface area contributed by atoms with Crippen LogP contribution in [0.25, 0.3) is 11.4 Å². The van der Waals surface area contributed by atoms with Crippen molar-refractivity contribution in [3.05, 3.63) is 59.3 Å². The van der Waals surface area contributed by atoms with Gasteiger partial charge in [-0.25, -0.2) is 0 Å². The molecule has 28 heavy (non-hydrogen) atoms. The Morgan fingerprint density at radius 1 is 1.32 bits per heavy atom. The van der Waals surface area contributed by atoms with Crippen LogP contribution in [-0.4, -0.2) is 40.6 Å². The van der Waals surface area contributed by atoms with Crippen LogP contribution in [0.1, 0.15) is 23.9 Å². The third kappa shape index (κ3) is 4.38. The van der Waals surface area contributed by atoms with Crippen molar-refractivity contribution in [1.29, 1.82) is 0 Å². The number of halogens is 2. The van der Waals surface area contributed by atoms with E-state index < -0.39 is 0 Å². The molecule has 148 valence electrons. The molecule has 3 heterocycles. The predicted octanol–water partition coefficient (Wildman–Crippen LogP) is 3.51. The minimum absolute atomic E-state index is 0. The van der Waals surface area contributed by atoms with Crippen LogP contribution in [0.4, 0.5) is 0 Å². The number of aryl methyl sites for hydroxylation is 1. The van der Waals surface area contributed by atoms with E-state index in [-0.39, 0.29) is 24.4 Å². The van der Waals surface area contributed by atoms with Crippen molar-refractivity contribution in [3.8, 4) is 11.4 Å². The van der Waals surface area contributed by atoms with E-state index in [1.165, 1.54) is 0 Å². The molecule has 7 nitrogen and oxygen atoms in total. The van der Waals surface area contributed by atoms with Gasteiger partial charge in [0.25, 0.3) is 0 Å². The maximum absolute atomic E-state index is 12.9. The number of carbonyl (C=O) groups excluding carboxylic acids is 1. The molecule has 0 bridgehead atoms. The summed E-state index contributed by atoms with van der Waals surface area (Å²) in [6, 6.07) is 9.33. The fourth-order valence-electron chi connectivity index (χ4n) is 3.25. The van der Waals surface area contributed by atoms with Crippen LogP contribution in [0.3, 0.4) is 0 Å². The highest BCUT2D eigenvalue weighted by molar-refractivity contribution is 6.31. The Morgan fingerprint density at radius 2 is 2.18 bits per heavy atom. The van der Waals surface area contributed by atoms with E-state index in [1.54, 1.807) is 18.6 Å². The number of amides is 1. The monoisotopic (exact) mass is 422 g/mol. The molecule has 2 aromatic heterocycles. The van der Waals surface area contributed by atoms with Gasteiger partial charge in [-0.15, -0.1) is 12.4 Å². The van der Waals surface area contributed by atoms with Crippen molar-refractivity contribution in [1.82, 2.24) is 20.4 Å². The highest BCUT2D eigenvalue weighted by atomic mass is 35.5. The molecule has 1 N–H and O–H groups in total. The van der Waals surface area contributed by atoms with Gasteiger partial charge < -0.3 is 19.2 Å². The molecule has 1 saturated heterocycles. The molecular formula is C19H20Cl2N4O3. The largest absolute Gasteiger partial charge is 0.472 e. The van der Waals surface area contributed by atoms with Gasteiger partial charge in [0.1, 0.15) is 6.26 Å². The number of benzene rings is 1. The zero-order valence-electron chi connectivity index (χ0n) is 15.0. The highest BCUT2D eigenvalue weighted by Crippen LogP contribution is 2.29. The molecule has 1 aliphatic rings. The van der Waals surface area contributed by atoms with Crippen molar-refractivity contribution in [2.45, 2.75) is 18.9 Å². The van der Waals surface area contributed by atoms with Gasteiger partial charge in [-0.2, -0.15) is 4.98 Å². The van der Waals surface area contributed by atoms with Crippen molar-refractivity contribution in [2.24, 2.45) is 0 Å². The molecule has 4 rings (SSSR count). The second kappa shape index (κ2) is 9.23. The molecule has 9 heteroatoms. The molecule has 0 spiro atoms. The smallest absolute Gasteiger partial charge is 0.227 e. The summed E-state index contributed by atoms with van der Waals surface area (Å²) in [6.07, 6.45) is 3.79. The molecule has 1 aliphatic heterocycles. The second-order valence-electron chi connectivity index (χ2n) is 6.35. The first kappa shape index (κ1) is 20.4. The number of nitrogens with zero attached hydrogens (tertiary/aromatic N) is 3. The molecule has 1 amide bonds. The van der Waals surface area contributed by atoms with E-state index >= 15 is 0 Å². The first-order valence-electron chi connectivity index (χ1n) is 8.82. The molecule has 1 atom stereocenters. The number of rotatable bonds is 5. The van der Waals surface area contributed by atoms with Gasteiger partial charge in [-0.1, -0.05) is 35.0 Å². The maximum atomic E-state index is 12.9. The van der Waals surface area contributed by atoms with Crippen LogP contribution < -0.4 is 5.32 Å². The molecule has 0 radical (unpaired) electrons. The van der Waals surface area contributed by atoms with E-state index in [9.17, 15) is 4.79 Å². The number of hydrogen-bond donors (Lipinski definition) is 1. The van der Waals surface area contributed by atoms with E-state index in [2.05, 4.69) is 15.5 Å². The van der Waals surface area contributed by atoms with Gasteiger partial charge in [-0.05, 0) is 17.7 Å². The lowest BCUT2D eigenvalue weighted by atomic mass is 10.0. The Labute approximate surface area is 173 Å². The van der Waals surface area contributed by atoms with Crippen molar-refractivity contribution in [2.75, 3.05) is 19.6 Å². The highest BCUT2D eigenvalue weighted by Gasteiger charge is 2.29. The maximum Gasteiger partial charge on any atom is 0.227 e. The van der Waals surface area contributed by atoms with E-state index in [0.29, 0.717) is 42.7 Å². The Kier molecular flexibility index (Phi) is 6.72. The van der Waals surface area contributed by atoms with Gasteiger partial charge >= 0.3 is 0 Å². The van der Waals surface area contributed by atoms with Gasteiger partial charge in [0.15, 0.2) is 0 Å². The van der Waals surface area contributed by atoms with Crippen molar-refractivity contribution < 1.29 is 13.7 Å². The third-order valence-electron chi connectivity index (χ3n) is 4.63.